The SMILES string of the molecule is CCCCC1CCC(C2CCC(C3CCC(C/C=C/CF)CC3)CC2)CC1. The maximum absolute atomic E-state index is 12.2. The van der Waals surface area contributed by atoms with Crippen molar-refractivity contribution >= 4 is 0 Å². The number of hydrogen-bond acceptors (Lipinski definition) is 0. The monoisotopic (exact) mass is 376 g/mol. The van der Waals surface area contributed by atoms with E-state index in [0.717, 1.165) is 41.9 Å². The summed E-state index contributed by atoms with van der Waals surface area (Å²) in [4.78, 5) is 0. The summed E-state index contributed by atoms with van der Waals surface area (Å²) in [6.45, 7) is 2.04. The average Bonchev–Trinajstić information content (AvgIpc) is 2.73. The van der Waals surface area contributed by atoms with Crippen LogP contribution >= 0.6 is 0 Å². The molecule has 3 aliphatic carbocycles. The van der Waals surface area contributed by atoms with Crippen LogP contribution in [0.2, 0.25) is 0 Å². The minimum Gasteiger partial charge on any atom is -0.247 e. The van der Waals surface area contributed by atoms with Crippen LogP contribution in [0, 0.1) is 35.5 Å². The molecular weight excluding hydrogens is 331 g/mol. The third-order valence-corrected chi connectivity index (χ3v) is 8.62. The van der Waals surface area contributed by atoms with E-state index in [-0.39, 0.29) is 6.67 Å². The fourth-order valence-corrected chi connectivity index (χ4v) is 6.78. The van der Waals surface area contributed by atoms with Gasteiger partial charge in [-0.2, -0.15) is 0 Å². The standard InChI is InChI=1S/C26H45F/c1-2-3-6-21-8-12-23(13-9-21)25-16-18-26(19-17-25)24-14-10-22(11-15-24)7-4-5-20-27/h4-5,21-26H,2-3,6-20H2,1H3/b5-4+. The van der Waals surface area contributed by atoms with Gasteiger partial charge >= 0.3 is 0 Å². The molecule has 0 radical (unpaired) electrons. The summed E-state index contributed by atoms with van der Waals surface area (Å²) in [6, 6.07) is 0. The number of allylic oxidation sites excluding steroid dienone is 2. The summed E-state index contributed by atoms with van der Waals surface area (Å²) in [6.07, 6.45) is 27.2. The molecule has 1 heteroatoms. The lowest BCUT2D eigenvalue weighted by atomic mass is 9.64. The van der Waals surface area contributed by atoms with E-state index in [1.165, 1.54) is 83.5 Å². The Bertz CT molecular complexity index is 404. The van der Waals surface area contributed by atoms with Gasteiger partial charge in [-0.1, -0.05) is 51.2 Å². The summed E-state index contributed by atoms with van der Waals surface area (Å²) in [5.41, 5.74) is 0. The zero-order valence-corrected chi connectivity index (χ0v) is 18.0. The molecule has 27 heavy (non-hydrogen) atoms. The van der Waals surface area contributed by atoms with Crippen molar-refractivity contribution in [2.75, 3.05) is 6.67 Å². The molecule has 3 saturated carbocycles. The lowest BCUT2D eigenvalue weighted by Crippen LogP contribution is -2.29. The van der Waals surface area contributed by atoms with E-state index >= 15 is 0 Å². The number of rotatable bonds is 8. The molecule has 0 aromatic carbocycles. The lowest BCUT2D eigenvalue weighted by Gasteiger charge is -2.41. The number of alkyl halides is 1. The zero-order chi connectivity index (χ0) is 18.9. The quantitative estimate of drug-likeness (QED) is 0.372. The van der Waals surface area contributed by atoms with Crippen molar-refractivity contribution in [3.05, 3.63) is 12.2 Å². The van der Waals surface area contributed by atoms with Crippen LogP contribution in [0.3, 0.4) is 0 Å². The third kappa shape index (κ3) is 6.60. The fourth-order valence-electron chi connectivity index (χ4n) is 6.78. The van der Waals surface area contributed by atoms with Gasteiger partial charge in [-0.05, 0) is 106 Å². The van der Waals surface area contributed by atoms with Gasteiger partial charge in [0.2, 0.25) is 0 Å². The Labute approximate surface area is 168 Å². The van der Waals surface area contributed by atoms with Crippen molar-refractivity contribution in [3.8, 4) is 0 Å². The van der Waals surface area contributed by atoms with E-state index in [1.807, 2.05) is 0 Å². The Hall–Kier alpha value is -0.330. The van der Waals surface area contributed by atoms with Crippen molar-refractivity contribution < 1.29 is 4.39 Å². The van der Waals surface area contributed by atoms with E-state index in [9.17, 15) is 4.39 Å². The van der Waals surface area contributed by atoms with E-state index in [0.29, 0.717) is 0 Å². The largest absolute Gasteiger partial charge is 0.247 e. The zero-order valence-electron chi connectivity index (χ0n) is 18.0. The van der Waals surface area contributed by atoms with Gasteiger partial charge in [0.15, 0.2) is 0 Å². The molecule has 0 bridgehead atoms. The molecule has 0 aromatic heterocycles. The second kappa shape index (κ2) is 11.6. The second-order valence-electron chi connectivity index (χ2n) is 10.2. The van der Waals surface area contributed by atoms with Crippen molar-refractivity contribution in [2.45, 2.75) is 110 Å². The topological polar surface area (TPSA) is 0 Å². The van der Waals surface area contributed by atoms with Crippen LogP contribution in [0.4, 0.5) is 4.39 Å². The Balaban J connectivity index is 1.32. The van der Waals surface area contributed by atoms with Gasteiger partial charge in [-0.15, -0.1) is 0 Å². The first-order valence-corrected chi connectivity index (χ1v) is 12.5. The second-order valence-corrected chi connectivity index (χ2v) is 10.2. The van der Waals surface area contributed by atoms with Gasteiger partial charge in [-0.3, -0.25) is 0 Å². The van der Waals surface area contributed by atoms with Crippen LogP contribution in [0.5, 0.6) is 0 Å². The van der Waals surface area contributed by atoms with Crippen molar-refractivity contribution in [1.82, 2.24) is 0 Å². The third-order valence-electron chi connectivity index (χ3n) is 8.62. The minimum absolute atomic E-state index is 0.293. The summed E-state index contributed by atoms with van der Waals surface area (Å²) >= 11 is 0. The molecule has 3 rings (SSSR count). The summed E-state index contributed by atoms with van der Waals surface area (Å²) in [5.74, 6) is 6.08. The van der Waals surface area contributed by atoms with Crippen LogP contribution < -0.4 is 0 Å². The molecule has 0 atom stereocenters. The normalized spacial score (nSPS) is 38.3. The number of unbranched alkanes of at least 4 members (excludes halogenated alkanes) is 1. The van der Waals surface area contributed by atoms with Gasteiger partial charge in [0, 0.05) is 0 Å². The van der Waals surface area contributed by atoms with Crippen molar-refractivity contribution in [1.29, 1.82) is 0 Å². The fraction of sp³-hybridized carbons (Fsp3) is 0.923. The van der Waals surface area contributed by atoms with Crippen molar-refractivity contribution in [3.63, 3.8) is 0 Å². The first kappa shape index (κ1) is 21.4. The average molecular weight is 377 g/mol. The molecule has 0 amide bonds. The Morgan fingerprint density at radius 3 is 1.52 bits per heavy atom. The molecule has 3 aliphatic rings. The molecular formula is C26H45F. The minimum atomic E-state index is -0.293. The summed E-state index contributed by atoms with van der Waals surface area (Å²) in [7, 11) is 0. The maximum atomic E-state index is 12.2. The molecule has 0 unspecified atom stereocenters. The molecule has 156 valence electrons. The highest BCUT2D eigenvalue weighted by Crippen LogP contribution is 2.46. The van der Waals surface area contributed by atoms with E-state index < -0.39 is 0 Å². The highest BCUT2D eigenvalue weighted by molar-refractivity contribution is 4.88. The smallest absolute Gasteiger partial charge is 0.108 e. The summed E-state index contributed by atoms with van der Waals surface area (Å²) < 4.78 is 12.2. The Morgan fingerprint density at radius 1 is 0.630 bits per heavy atom. The van der Waals surface area contributed by atoms with Crippen molar-refractivity contribution in [2.24, 2.45) is 35.5 Å². The van der Waals surface area contributed by atoms with E-state index in [1.54, 1.807) is 18.9 Å². The molecule has 0 N–H and O–H groups in total. The Morgan fingerprint density at radius 2 is 1.07 bits per heavy atom. The number of halogens is 1. The van der Waals surface area contributed by atoms with Gasteiger partial charge < -0.3 is 0 Å². The first-order chi connectivity index (χ1) is 13.3. The van der Waals surface area contributed by atoms with E-state index in [4.69, 9.17) is 0 Å². The van der Waals surface area contributed by atoms with Gasteiger partial charge in [0.05, 0.1) is 0 Å². The molecule has 3 fully saturated rings. The molecule has 0 spiro atoms. The predicted molar refractivity (Wildman–Crippen MR) is 116 cm³/mol. The highest BCUT2D eigenvalue weighted by Gasteiger charge is 2.34. The van der Waals surface area contributed by atoms with Gasteiger partial charge in [-0.25, -0.2) is 4.39 Å². The molecule has 0 nitrogen and oxygen atoms in total. The Kier molecular flexibility index (Phi) is 9.20. The lowest BCUT2D eigenvalue weighted by molar-refractivity contribution is 0.103. The van der Waals surface area contributed by atoms with Crippen LogP contribution in [-0.4, -0.2) is 6.67 Å². The van der Waals surface area contributed by atoms with Gasteiger partial charge in [0.25, 0.3) is 0 Å². The molecule has 0 saturated heterocycles. The van der Waals surface area contributed by atoms with E-state index in [2.05, 4.69) is 13.0 Å². The number of hydrogen-bond donors (Lipinski definition) is 0. The predicted octanol–water partition coefficient (Wildman–Crippen LogP) is 8.51. The van der Waals surface area contributed by atoms with Gasteiger partial charge in [0.1, 0.15) is 6.67 Å². The van der Waals surface area contributed by atoms with Crippen LogP contribution in [0.25, 0.3) is 0 Å². The van der Waals surface area contributed by atoms with Crippen LogP contribution in [0.15, 0.2) is 12.2 Å². The molecule has 0 aromatic rings. The summed E-state index contributed by atoms with van der Waals surface area (Å²) in [5, 5.41) is 0. The van der Waals surface area contributed by atoms with Crippen LogP contribution in [-0.2, 0) is 0 Å². The first-order valence-electron chi connectivity index (χ1n) is 12.5. The molecule has 0 heterocycles. The highest BCUT2D eigenvalue weighted by atomic mass is 19.1. The maximum Gasteiger partial charge on any atom is 0.108 e. The van der Waals surface area contributed by atoms with Crippen LogP contribution in [0.1, 0.15) is 110 Å². The molecule has 0 aliphatic heterocycles.